The van der Waals surface area contributed by atoms with Crippen molar-refractivity contribution in [3.05, 3.63) is 23.8 Å². The molecule has 4 heteroatoms. The van der Waals surface area contributed by atoms with Gasteiger partial charge in [-0.05, 0) is 24.6 Å². The number of anilines is 1. The minimum absolute atomic E-state index is 0.532. The average molecular weight is 220 g/mol. The maximum atomic E-state index is 5.60. The number of rotatable bonds is 2. The van der Waals surface area contributed by atoms with Gasteiger partial charge >= 0.3 is 0 Å². The Labute approximate surface area is 92.3 Å². The summed E-state index contributed by atoms with van der Waals surface area (Å²) in [5.41, 5.74) is 3.00. The van der Waals surface area contributed by atoms with E-state index in [1.165, 1.54) is 5.56 Å². The molecule has 2 aromatic rings. The molecule has 1 aromatic carbocycles. The van der Waals surface area contributed by atoms with Crippen molar-refractivity contribution in [1.82, 2.24) is 4.98 Å². The third-order valence-electron chi connectivity index (χ3n) is 2.51. The summed E-state index contributed by atoms with van der Waals surface area (Å²) in [6.45, 7) is 2.06. The lowest BCUT2D eigenvalue weighted by Gasteiger charge is -2.24. The molecule has 15 heavy (non-hydrogen) atoms. The minimum atomic E-state index is 0.532. The van der Waals surface area contributed by atoms with Crippen LogP contribution >= 0.6 is 11.8 Å². The molecule has 0 unspecified atom stereocenters. The van der Waals surface area contributed by atoms with E-state index >= 15 is 0 Å². The standard InChI is InChI=1S/C11H12N2OS/c1-7-2-3-10-9(4-7)13-11(14-10)12-8-5-15-6-8/h2-4,8H,5-6H2,1H3,(H,12,13). The van der Waals surface area contributed by atoms with Gasteiger partial charge in [0.05, 0.1) is 0 Å². The molecule has 0 amide bonds. The summed E-state index contributed by atoms with van der Waals surface area (Å²) < 4.78 is 5.60. The molecule has 0 aliphatic carbocycles. The van der Waals surface area contributed by atoms with Crippen LogP contribution in [0.4, 0.5) is 6.01 Å². The lowest BCUT2D eigenvalue weighted by molar-refractivity contribution is 0.605. The van der Waals surface area contributed by atoms with E-state index < -0.39 is 0 Å². The van der Waals surface area contributed by atoms with E-state index in [1.807, 2.05) is 30.0 Å². The number of nitrogens with zero attached hydrogens (tertiary/aromatic N) is 1. The Morgan fingerprint density at radius 3 is 3.07 bits per heavy atom. The van der Waals surface area contributed by atoms with Gasteiger partial charge in [0.1, 0.15) is 5.52 Å². The number of aryl methyl sites for hydroxylation is 1. The average Bonchev–Trinajstić information content (AvgIpc) is 2.53. The maximum absolute atomic E-state index is 5.60. The van der Waals surface area contributed by atoms with Crippen LogP contribution < -0.4 is 5.32 Å². The summed E-state index contributed by atoms with van der Waals surface area (Å²) in [4.78, 5) is 4.41. The number of thioether (sulfide) groups is 1. The predicted octanol–water partition coefficient (Wildman–Crippen LogP) is 2.66. The SMILES string of the molecule is Cc1ccc2oc(NC3CSC3)nc2c1. The fraction of sp³-hybridized carbons (Fsp3) is 0.364. The van der Waals surface area contributed by atoms with Crippen molar-refractivity contribution in [1.29, 1.82) is 0 Å². The molecule has 78 valence electrons. The maximum Gasteiger partial charge on any atom is 0.295 e. The van der Waals surface area contributed by atoms with Gasteiger partial charge in [-0.25, -0.2) is 0 Å². The van der Waals surface area contributed by atoms with Crippen LogP contribution in [-0.4, -0.2) is 22.5 Å². The van der Waals surface area contributed by atoms with Crippen molar-refractivity contribution in [2.75, 3.05) is 16.8 Å². The largest absolute Gasteiger partial charge is 0.424 e. The molecule has 1 N–H and O–H groups in total. The van der Waals surface area contributed by atoms with Crippen molar-refractivity contribution < 1.29 is 4.42 Å². The van der Waals surface area contributed by atoms with Crippen molar-refractivity contribution in [2.45, 2.75) is 13.0 Å². The molecule has 1 aliphatic heterocycles. The second kappa shape index (κ2) is 3.45. The molecule has 3 rings (SSSR count). The summed E-state index contributed by atoms with van der Waals surface area (Å²) in [5.74, 6) is 2.30. The Morgan fingerprint density at radius 1 is 1.47 bits per heavy atom. The van der Waals surface area contributed by atoms with Gasteiger partial charge in [0, 0.05) is 17.5 Å². The number of aromatic nitrogens is 1. The van der Waals surface area contributed by atoms with Crippen LogP contribution in [0, 0.1) is 6.92 Å². The molecule has 1 aromatic heterocycles. The second-order valence-corrected chi connectivity index (χ2v) is 4.94. The zero-order valence-electron chi connectivity index (χ0n) is 8.49. The third kappa shape index (κ3) is 1.69. The normalized spacial score (nSPS) is 16.6. The number of oxazole rings is 1. The smallest absolute Gasteiger partial charge is 0.295 e. The third-order valence-corrected chi connectivity index (χ3v) is 3.78. The van der Waals surface area contributed by atoms with Crippen molar-refractivity contribution in [2.24, 2.45) is 0 Å². The van der Waals surface area contributed by atoms with E-state index in [9.17, 15) is 0 Å². The molecular formula is C11H12N2OS. The lowest BCUT2D eigenvalue weighted by Crippen LogP contribution is -2.33. The molecule has 0 saturated carbocycles. The van der Waals surface area contributed by atoms with Gasteiger partial charge in [-0.15, -0.1) is 0 Å². The van der Waals surface area contributed by atoms with Gasteiger partial charge in [0.15, 0.2) is 5.58 Å². The van der Waals surface area contributed by atoms with Gasteiger partial charge in [-0.3, -0.25) is 0 Å². The molecule has 0 radical (unpaired) electrons. The number of benzene rings is 1. The second-order valence-electron chi connectivity index (χ2n) is 3.87. The van der Waals surface area contributed by atoms with E-state index in [1.54, 1.807) is 0 Å². The highest BCUT2D eigenvalue weighted by Gasteiger charge is 2.19. The summed E-state index contributed by atoms with van der Waals surface area (Å²) in [5, 5.41) is 3.29. The fourth-order valence-electron chi connectivity index (χ4n) is 1.59. The van der Waals surface area contributed by atoms with Crippen molar-refractivity contribution in [3.63, 3.8) is 0 Å². The first-order valence-corrected chi connectivity index (χ1v) is 6.18. The van der Waals surface area contributed by atoms with E-state index in [2.05, 4.69) is 17.2 Å². The number of nitrogens with one attached hydrogen (secondary N) is 1. The Hall–Kier alpha value is -1.16. The van der Waals surface area contributed by atoms with Crippen molar-refractivity contribution in [3.8, 4) is 0 Å². The quantitative estimate of drug-likeness (QED) is 0.844. The molecular weight excluding hydrogens is 208 g/mol. The van der Waals surface area contributed by atoms with Gasteiger partial charge in [0.2, 0.25) is 0 Å². The van der Waals surface area contributed by atoms with Crippen LogP contribution in [0.2, 0.25) is 0 Å². The molecule has 1 aliphatic rings. The van der Waals surface area contributed by atoms with Crippen LogP contribution in [0.1, 0.15) is 5.56 Å². The topological polar surface area (TPSA) is 38.1 Å². The highest BCUT2D eigenvalue weighted by molar-refractivity contribution is 8.00. The zero-order chi connectivity index (χ0) is 10.3. The summed E-state index contributed by atoms with van der Waals surface area (Å²) in [6.07, 6.45) is 0. The van der Waals surface area contributed by atoms with Crippen LogP contribution in [0.3, 0.4) is 0 Å². The van der Waals surface area contributed by atoms with Crippen molar-refractivity contribution >= 4 is 28.9 Å². The number of hydrogen-bond acceptors (Lipinski definition) is 4. The molecule has 0 atom stereocenters. The molecule has 3 nitrogen and oxygen atoms in total. The fourth-order valence-corrected chi connectivity index (χ4v) is 2.23. The van der Waals surface area contributed by atoms with Crippen LogP contribution in [0.5, 0.6) is 0 Å². The lowest BCUT2D eigenvalue weighted by atomic mass is 10.2. The zero-order valence-corrected chi connectivity index (χ0v) is 9.30. The number of fused-ring (bicyclic) bond motifs is 1. The monoisotopic (exact) mass is 220 g/mol. The number of hydrogen-bond donors (Lipinski definition) is 1. The highest BCUT2D eigenvalue weighted by Crippen LogP contribution is 2.24. The minimum Gasteiger partial charge on any atom is -0.424 e. The van der Waals surface area contributed by atoms with Gasteiger partial charge in [0.25, 0.3) is 6.01 Å². The molecule has 1 fully saturated rings. The summed E-state index contributed by atoms with van der Waals surface area (Å²) >= 11 is 1.94. The van der Waals surface area contributed by atoms with E-state index in [-0.39, 0.29) is 0 Å². The molecule has 0 bridgehead atoms. The molecule has 0 spiro atoms. The highest BCUT2D eigenvalue weighted by atomic mass is 32.2. The predicted molar refractivity (Wildman–Crippen MR) is 63.5 cm³/mol. The van der Waals surface area contributed by atoms with Crippen LogP contribution in [0.25, 0.3) is 11.1 Å². The van der Waals surface area contributed by atoms with E-state index in [4.69, 9.17) is 4.42 Å². The Balaban J connectivity index is 1.91. The van der Waals surface area contributed by atoms with E-state index in [0.29, 0.717) is 12.1 Å². The van der Waals surface area contributed by atoms with Crippen LogP contribution in [0.15, 0.2) is 22.6 Å². The first-order valence-electron chi connectivity index (χ1n) is 5.03. The van der Waals surface area contributed by atoms with Crippen LogP contribution in [-0.2, 0) is 0 Å². The Morgan fingerprint density at radius 2 is 2.33 bits per heavy atom. The van der Waals surface area contributed by atoms with Gasteiger partial charge in [-0.2, -0.15) is 16.7 Å². The van der Waals surface area contributed by atoms with Gasteiger partial charge < -0.3 is 9.73 Å². The summed E-state index contributed by atoms with van der Waals surface area (Å²) in [7, 11) is 0. The molecule has 2 heterocycles. The Kier molecular flexibility index (Phi) is 2.09. The molecule has 1 saturated heterocycles. The summed E-state index contributed by atoms with van der Waals surface area (Å²) in [6, 6.07) is 7.24. The first-order chi connectivity index (χ1) is 7.31. The Bertz CT molecular complexity index is 490. The first kappa shape index (κ1) is 9.09. The van der Waals surface area contributed by atoms with Gasteiger partial charge in [-0.1, -0.05) is 6.07 Å². The van der Waals surface area contributed by atoms with E-state index in [0.717, 1.165) is 22.6 Å².